The van der Waals surface area contributed by atoms with Gasteiger partial charge in [-0.25, -0.2) is 4.39 Å². The van der Waals surface area contributed by atoms with Crippen molar-refractivity contribution >= 4 is 5.69 Å². The van der Waals surface area contributed by atoms with Gasteiger partial charge in [0.1, 0.15) is 17.4 Å². The van der Waals surface area contributed by atoms with Crippen molar-refractivity contribution in [2.45, 2.75) is 26.8 Å². The minimum atomic E-state index is -0.495. The first-order valence-electron chi connectivity index (χ1n) is 6.55. The molecule has 0 radical (unpaired) electrons. The Hall–Kier alpha value is -2.34. The van der Waals surface area contributed by atoms with E-state index in [1.54, 1.807) is 12.1 Å². The van der Waals surface area contributed by atoms with Crippen LogP contribution in [0.5, 0.6) is 0 Å². The van der Waals surface area contributed by atoms with Crippen molar-refractivity contribution in [3.05, 3.63) is 64.5 Å². The molecule has 1 unspecified atom stereocenters. The van der Waals surface area contributed by atoms with Gasteiger partial charge >= 0.3 is 0 Å². The molecule has 2 rings (SSSR count). The van der Waals surface area contributed by atoms with Crippen molar-refractivity contribution in [1.29, 1.82) is 5.26 Å². The first kappa shape index (κ1) is 14.1. The zero-order chi connectivity index (χ0) is 14.7. The molecule has 2 nitrogen and oxygen atoms in total. The van der Waals surface area contributed by atoms with Gasteiger partial charge in [0.25, 0.3) is 0 Å². The lowest BCUT2D eigenvalue weighted by Crippen LogP contribution is -2.10. The maximum atomic E-state index is 13.6. The molecule has 0 fully saturated rings. The van der Waals surface area contributed by atoms with Gasteiger partial charge < -0.3 is 5.32 Å². The zero-order valence-corrected chi connectivity index (χ0v) is 11.9. The molecule has 0 aliphatic carbocycles. The number of halogens is 1. The van der Waals surface area contributed by atoms with Gasteiger partial charge in [-0.15, -0.1) is 0 Å². The topological polar surface area (TPSA) is 35.8 Å². The Balaban J connectivity index is 2.33. The Morgan fingerprint density at radius 1 is 1.20 bits per heavy atom. The number of nitriles is 1. The number of rotatable bonds is 3. The molecule has 0 saturated heterocycles. The summed E-state index contributed by atoms with van der Waals surface area (Å²) in [6.07, 6.45) is 0. The molecule has 0 bridgehead atoms. The molecule has 2 aromatic carbocycles. The minimum absolute atomic E-state index is 0.00352. The normalized spacial score (nSPS) is 11.8. The van der Waals surface area contributed by atoms with E-state index in [-0.39, 0.29) is 11.6 Å². The number of hydrogen-bond donors (Lipinski definition) is 1. The van der Waals surface area contributed by atoms with Crippen molar-refractivity contribution in [3.63, 3.8) is 0 Å². The third-order valence-corrected chi connectivity index (χ3v) is 3.40. The number of nitrogens with one attached hydrogen (secondary N) is 1. The molecule has 102 valence electrons. The lowest BCUT2D eigenvalue weighted by molar-refractivity contribution is 0.624. The fraction of sp³-hybridized carbons (Fsp3) is 0.235. The van der Waals surface area contributed by atoms with E-state index < -0.39 is 5.82 Å². The molecule has 0 aliphatic heterocycles. The molecule has 0 aliphatic rings. The van der Waals surface area contributed by atoms with E-state index in [0.717, 1.165) is 5.56 Å². The van der Waals surface area contributed by atoms with Gasteiger partial charge in [-0.05, 0) is 44.0 Å². The van der Waals surface area contributed by atoms with Gasteiger partial charge in [0.05, 0.1) is 5.69 Å². The molecule has 0 spiro atoms. The summed E-state index contributed by atoms with van der Waals surface area (Å²) < 4.78 is 13.6. The Labute approximate surface area is 118 Å². The van der Waals surface area contributed by atoms with E-state index in [9.17, 15) is 4.39 Å². The SMILES string of the molecule is Cc1ccc(C)c(C(C)Nc2cccc(F)c2C#N)c1. The van der Waals surface area contributed by atoms with Crippen LogP contribution in [0.1, 0.15) is 35.2 Å². The predicted molar refractivity (Wildman–Crippen MR) is 79.1 cm³/mol. The standard InChI is InChI=1S/C17H17FN2/c1-11-7-8-12(2)14(9-11)13(3)20-17-6-4-5-16(18)15(17)10-19/h4-9,13,20H,1-3H3. The highest BCUT2D eigenvalue weighted by Gasteiger charge is 2.13. The largest absolute Gasteiger partial charge is 0.377 e. The fourth-order valence-electron chi connectivity index (χ4n) is 2.30. The van der Waals surface area contributed by atoms with Gasteiger partial charge in [0.15, 0.2) is 0 Å². The average molecular weight is 268 g/mol. The minimum Gasteiger partial charge on any atom is -0.377 e. The van der Waals surface area contributed by atoms with Gasteiger partial charge in [-0.1, -0.05) is 29.8 Å². The quantitative estimate of drug-likeness (QED) is 0.890. The molecule has 20 heavy (non-hydrogen) atoms. The Morgan fingerprint density at radius 3 is 2.65 bits per heavy atom. The van der Waals surface area contributed by atoms with Crippen molar-refractivity contribution in [3.8, 4) is 6.07 Å². The summed E-state index contributed by atoms with van der Waals surface area (Å²) in [4.78, 5) is 0. The summed E-state index contributed by atoms with van der Waals surface area (Å²) in [5.74, 6) is -0.495. The molecule has 2 aromatic rings. The molecular formula is C17H17FN2. The van der Waals surface area contributed by atoms with E-state index in [2.05, 4.69) is 23.5 Å². The number of hydrogen-bond acceptors (Lipinski definition) is 2. The molecule has 0 heterocycles. The summed E-state index contributed by atoms with van der Waals surface area (Å²) in [5.41, 5.74) is 4.09. The van der Waals surface area contributed by atoms with E-state index in [1.807, 2.05) is 26.8 Å². The van der Waals surface area contributed by atoms with Gasteiger partial charge in [-0.2, -0.15) is 5.26 Å². The van der Waals surface area contributed by atoms with Crippen molar-refractivity contribution in [2.24, 2.45) is 0 Å². The second kappa shape index (κ2) is 5.75. The van der Waals surface area contributed by atoms with Crippen LogP contribution in [0.3, 0.4) is 0 Å². The van der Waals surface area contributed by atoms with Crippen LogP contribution in [0.25, 0.3) is 0 Å². The van der Waals surface area contributed by atoms with Crippen LogP contribution in [-0.2, 0) is 0 Å². The number of aryl methyl sites for hydroxylation is 2. The summed E-state index contributed by atoms with van der Waals surface area (Å²) in [5, 5.41) is 12.3. The molecule has 0 aromatic heterocycles. The molecule has 0 amide bonds. The maximum absolute atomic E-state index is 13.6. The molecule has 1 N–H and O–H groups in total. The third-order valence-electron chi connectivity index (χ3n) is 3.40. The monoisotopic (exact) mass is 268 g/mol. The Morgan fingerprint density at radius 2 is 1.95 bits per heavy atom. The van der Waals surface area contributed by atoms with E-state index in [0.29, 0.717) is 5.69 Å². The fourth-order valence-corrected chi connectivity index (χ4v) is 2.30. The number of anilines is 1. The number of benzene rings is 2. The van der Waals surface area contributed by atoms with E-state index in [4.69, 9.17) is 5.26 Å². The van der Waals surface area contributed by atoms with Gasteiger partial charge in [0.2, 0.25) is 0 Å². The predicted octanol–water partition coefficient (Wildman–Crippen LogP) is 4.49. The van der Waals surface area contributed by atoms with Crippen LogP contribution in [-0.4, -0.2) is 0 Å². The molecule has 3 heteroatoms. The highest BCUT2D eigenvalue weighted by atomic mass is 19.1. The zero-order valence-electron chi connectivity index (χ0n) is 11.9. The van der Waals surface area contributed by atoms with Crippen LogP contribution in [0.4, 0.5) is 10.1 Å². The van der Waals surface area contributed by atoms with Crippen LogP contribution >= 0.6 is 0 Å². The summed E-state index contributed by atoms with van der Waals surface area (Å²) in [6.45, 7) is 6.09. The third kappa shape index (κ3) is 2.80. The lowest BCUT2D eigenvalue weighted by atomic mass is 9.99. The second-order valence-electron chi connectivity index (χ2n) is 5.00. The van der Waals surface area contributed by atoms with Crippen molar-refractivity contribution in [1.82, 2.24) is 0 Å². The highest BCUT2D eigenvalue weighted by Crippen LogP contribution is 2.26. The van der Waals surface area contributed by atoms with Crippen molar-refractivity contribution < 1.29 is 4.39 Å². The van der Waals surface area contributed by atoms with E-state index in [1.165, 1.54) is 17.2 Å². The van der Waals surface area contributed by atoms with Gasteiger partial charge in [-0.3, -0.25) is 0 Å². The number of nitrogens with zero attached hydrogens (tertiary/aromatic N) is 1. The Bertz CT molecular complexity index is 671. The average Bonchev–Trinajstić information content (AvgIpc) is 2.41. The lowest BCUT2D eigenvalue weighted by Gasteiger charge is -2.19. The molecular weight excluding hydrogens is 251 g/mol. The van der Waals surface area contributed by atoms with Crippen LogP contribution in [0.15, 0.2) is 36.4 Å². The smallest absolute Gasteiger partial charge is 0.143 e. The van der Waals surface area contributed by atoms with Crippen LogP contribution in [0.2, 0.25) is 0 Å². The van der Waals surface area contributed by atoms with Crippen molar-refractivity contribution in [2.75, 3.05) is 5.32 Å². The first-order valence-corrected chi connectivity index (χ1v) is 6.55. The summed E-state index contributed by atoms with van der Waals surface area (Å²) in [6, 6.07) is 12.8. The van der Waals surface area contributed by atoms with Crippen LogP contribution < -0.4 is 5.32 Å². The first-order chi connectivity index (χ1) is 9.52. The summed E-state index contributed by atoms with van der Waals surface area (Å²) >= 11 is 0. The summed E-state index contributed by atoms with van der Waals surface area (Å²) in [7, 11) is 0. The van der Waals surface area contributed by atoms with Crippen LogP contribution in [0, 0.1) is 31.0 Å². The van der Waals surface area contributed by atoms with E-state index >= 15 is 0 Å². The molecule has 1 atom stereocenters. The second-order valence-corrected chi connectivity index (χ2v) is 5.00. The maximum Gasteiger partial charge on any atom is 0.143 e. The van der Waals surface area contributed by atoms with Gasteiger partial charge in [0, 0.05) is 6.04 Å². The molecule has 0 saturated carbocycles. The highest BCUT2D eigenvalue weighted by molar-refractivity contribution is 5.59. The Kier molecular flexibility index (Phi) is 4.05.